The summed E-state index contributed by atoms with van der Waals surface area (Å²) < 4.78 is 11.6. The number of hydrogen-bond donors (Lipinski definition) is 1. The summed E-state index contributed by atoms with van der Waals surface area (Å²) in [5.41, 5.74) is 0.768. The fourth-order valence-electron chi connectivity index (χ4n) is 1.25. The largest absolute Gasteiger partial charge is 0.477 e. The van der Waals surface area contributed by atoms with Gasteiger partial charge in [-0.05, 0) is 13.0 Å². The summed E-state index contributed by atoms with van der Waals surface area (Å²) >= 11 is 0. The molecule has 1 atom stereocenters. The van der Waals surface area contributed by atoms with Crippen molar-refractivity contribution in [3.05, 3.63) is 22.9 Å². The highest BCUT2D eigenvalue weighted by molar-refractivity contribution is 8.05. The third kappa shape index (κ3) is 1.27. The molecule has 0 aliphatic carbocycles. The van der Waals surface area contributed by atoms with E-state index in [-0.39, 0.29) is 4.91 Å². The fraction of sp³-hybridized carbons (Fsp3) is 0.250. The van der Waals surface area contributed by atoms with Crippen LogP contribution in [0.5, 0.6) is 0 Å². The van der Waals surface area contributed by atoms with Crippen molar-refractivity contribution in [3.63, 3.8) is 0 Å². The average Bonchev–Trinajstić information content (AvgIpc) is 2.44. The number of rotatable bonds is 1. The Morgan fingerprint density at radius 3 is 3.07 bits per heavy atom. The summed E-state index contributed by atoms with van der Waals surface area (Å²) in [6.45, 7) is 2.33. The molecule has 74 valence electrons. The molecule has 1 N–H and O–H groups in total. The Morgan fingerprint density at radius 2 is 2.43 bits per heavy atom. The second-order valence-corrected chi connectivity index (χ2v) is 4.30. The zero-order chi connectivity index (χ0) is 10.3. The Balaban J connectivity index is 2.39. The van der Waals surface area contributed by atoms with E-state index in [9.17, 15) is 9.00 Å². The number of carboxylic acid groups (broad SMARTS) is 1. The quantitative estimate of drug-likeness (QED) is 0.676. The van der Waals surface area contributed by atoms with Gasteiger partial charge in [0.15, 0.2) is 0 Å². The van der Waals surface area contributed by atoms with Crippen molar-refractivity contribution < 1.29 is 14.1 Å². The topological polar surface area (TPSA) is 70.0 Å². The number of allylic oxidation sites excluding steroid dienone is 1. The van der Waals surface area contributed by atoms with Crippen molar-refractivity contribution in [1.82, 2.24) is 4.90 Å². The Morgan fingerprint density at radius 1 is 1.71 bits per heavy atom. The van der Waals surface area contributed by atoms with E-state index in [4.69, 9.17) is 5.11 Å². The van der Waals surface area contributed by atoms with Crippen LogP contribution in [-0.4, -0.2) is 31.9 Å². The smallest absolute Gasteiger partial charge is 0.346 e. The SMILES string of the molecule is CC1=CCN2C=C(C(=O)O)S(=O)C2=N1. The number of fused-ring (bicyclic) bond motifs is 1. The molecule has 0 amide bonds. The summed E-state index contributed by atoms with van der Waals surface area (Å²) in [6, 6.07) is 0. The summed E-state index contributed by atoms with van der Waals surface area (Å²) in [4.78, 5) is 16.2. The van der Waals surface area contributed by atoms with Crippen LogP contribution < -0.4 is 0 Å². The van der Waals surface area contributed by atoms with Crippen molar-refractivity contribution in [1.29, 1.82) is 0 Å². The summed E-state index contributed by atoms with van der Waals surface area (Å²) in [7, 11) is -1.63. The first-order valence-corrected chi connectivity index (χ1v) is 5.13. The number of nitrogens with zero attached hydrogens (tertiary/aromatic N) is 2. The van der Waals surface area contributed by atoms with E-state index in [1.165, 1.54) is 6.20 Å². The van der Waals surface area contributed by atoms with Crippen LogP contribution in [-0.2, 0) is 15.6 Å². The number of carbonyl (C=O) groups is 1. The van der Waals surface area contributed by atoms with Gasteiger partial charge in [-0.1, -0.05) is 0 Å². The average molecular weight is 212 g/mol. The molecule has 0 aromatic rings. The van der Waals surface area contributed by atoms with E-state index < -0.39 is 16.8 Å². The van der Waals surface area contributed by atoms with Crippen LogP contribution in [0.25, 0.3) is 0 Å². The van der Waals surface area contributed by atoms with Gasteiger partial charge in [0.05, 0.1) is 0 Å². The molecule has 6 heteroatoms. The maximum Gasteiger partial charge on any atom is 0.346 e. The molecule has 0 aromatic heterocycles. The van der Waals surface area contributed by atoms with E-state index in [0.717, 1.165) is 5.70 Å². The van der Waals surface area contributed by atoms with Gasteiger partial charge in [0.1, 0.15) is 15.7 Å². The van der Waals surface area contributed by atoms with Crippen molar-refractivity contribution in [2.45, 2.75) is 6.92 Å². The van der Waals surface area contributed by atoms with Gasteiger partial charge in [-0.2, -0.15) is 0 Å². The molecule has 2 heterocycles. The molecule has 0 saturated heterocycles. The Labute approximate surface area is 82.9 Å². The molecule has 2 aliphatic rings. The standard InChI is InChI=1S/C8H8N2O3S/c1-5-2-3-10-4-6(7(11)12)14(13)8(10)9-5/h2,4H,3H2,1H3,(H,11,12). The van der Waals surface area contributed by atoms with Gasteiger partial charge in [-0.15, -0.1) is 0 Å². The van der Waals surface area contributed by atoms with Crippen LogP contribution >= 0.6 is 0 Å². The first-order valence-electron chi connectivity index (χ1n) is 3.98. The van der Waals surface area contributed by atoms with Crippen LogP contribution in [0.4, 0.5) is 0 Å². The summed E-state index contributed by atoms with van der Waals surface area (Å²) in [6.07, 6.45) is 3.22. The molecule has 0 spiro atoms. The summed E-state index contributed by atoms with van der Waals surface area (Å²) in [5.74, 6) is -1.15. The zero-order valence-electron chi connectivity index (χ0n) is 7.43. The van der Waals surface area contributed by atoms with Gasteiger partial charge in [0, 0.05) is 18.4 Å². The minimum absolute atomic E-state index is 0.105. The van der Waals surface area contributed by atoms with Gasteiger partial charge in [0.2, 0.25) is 5.17 Å². The van der Waals surface area contributed by atoms with Crippen LogP contribution in [0.2, 0.25) is 0 Å². The maximum atomic E-state index is 11.6. The molecular weight excluding hydrogens is 204 g/mol. The number of carboxylic acids is 1. The predicted octanol–water partition coefficient (Wildman–Crippen LogP) is 0.250. The van der Waals surface area contributed by atoms with E-state index in [1.54, 1.807) is 11.8 Å². The first-order chi connectivity index (χ1) is 6.59. The normalized spacial score (nSPS) is 25.1. The van der Waals surface area contributed by atoms with Crippen molar-refractivity contribution in [3.8, 4) is 0 Å². The van der Waals surface area contributed by atoms with E-state index >= 15 is 0 Å². The van der Waals surface area contributed by atoms with Gasteiger partial charge in [-0.25, -0.2) is 14.0 Å². The Hall–Kier alpha value is -1.43. The second kappa shape index (κ2) is 3.06. The number of amidine groups is 1. The number of aliphatic carboxylic acids is 1. The van der Waals surface area contributed by atoms with E-state index in [2.05, 4.69) is 4.99 Å². The molecule has 2 aliphatic heterocycles. The molecule has 0 aromatic carbocycles. The molecule has 2 rings (SSSR count). The molecular formula is C8H8N2O3S. The Bertz CT molecular complexity index is 422. The van der Waals surface area contributed by atoms with Crippen molar-refractivity contribution in [2.24, 2.45) is 4.99 Å². The van der Waals surface area contributed by atoms with Gasteiger partial charge in [0.25, 0.3) is 0 Å². The van der Waals surface area contributed by atoms with E-state index in [0.29, 0.717) is 11.7 Å². The lowest BCUT2D eigenvalue weighted by atomic mass is 10.4. The molecule has 1 unspecified atom stereocenters. The number of aliphatic imine (C=N–C) groups is 1. The van der Waals surface area contributed by atoms with Crippen molar-refractivity contribution >= 4 is 21.9 Å². The Kier molecular flexibility index (Phi) is 1.99. The minimum Gasteiger partial charge on any atom is -0.477 e. The molecule has 0 bridgehead atoms. The van der Waals surface area contributed by atoms with Gasteiger partial charge >= 0.3 is 5.97 Å². The minimum atomic E-state index is -1.63. The molecule has 0 fully saturated rings. The fourth-order valence-corrected chi connectivity index (χ4v) is 2.39. The van der Waals surface area contributed by atoms with E-state index in [1.807, 2.05) is 6.08 Å². The van der Waals surface area contributed by atoms with Gasteiger partial charge < -0.3 is 10.0 Å². The lowest BCUT2D eigenvalue weighted by Gasteiger charge is -2.17. The number of hydrogen-bond acceptors (Lipinski definition) is 4. The van der Waals surface area contributed by atoms with Crippen LogP contribution in [0, 0.1) is 0 Å². The predicted molar refractivity (Wildman–Crippen MR) is 51.8 cm³/mol. The highest BCUT2D eigenvalue weighted by atomic mass is 32.2. The maximum absolute atomic E-state index is 11.6. The zero-order valence-corrected chi connectivity index (χ0v) is 8.24. The highest BCUT2D eigenvalue weighted by Crippen LogP contribution is 2.22. The van der Waals surface area contributed by atoms with Crippen LogP contribution in [0.15, 0.2) is 27.9 Å². The lowest BCUT2D eigenvalue weighted by molar-refractivity contribution is -0.131. The second-order valence-electron chi connectivity index (χ2n) is 2.96. The first kappa shape index (κ1) is 9.14. The monoisotopic (exact) mass is 212 g/mol. The van der Waals surface area contributed by atoms with Gasteiger partial charge in [-0.3, -0.25) is 0 Å². The van der Waals surface area contributed by atoms with Crippen LogP contribution in [0.3, 0.4) is 0 Å². The molecule has 0 saturated carbocycles. The lowest BCUT2D eigenvalue weighted by Crippen LogP contribution is -2.27. The summed E-state index contributed by atoms with van der Waals surface area (Å²) in [5, 5.41) is 9.06. The molecule has 0 radical (unpaired) electrons. The van der Waals surface area contributed by atoms with Crippen LogP contribution in [0.1, 0.15) is 6.92 Å². The third-order valence-electron chi connectivity index (χ3n) is 1.95. The highest BCUT2D eigenvalue weighted by Gasteiger charge is 2.33. The molecule has 5 nitrogen and oxygen atoms in total. The third-order valence-corrected chi connectivity index (χ3v) is 3.29. The molecule has 14 heavy (non-hydrogen) atoms. The van der Waals surface area contributed by atoms with Crippen molar-refractivity contribution in [2.75, 3.05) is 6.54 Å².